The van der Waals surface area contributed by atoms with Crippen molar-refractivity contribution in [2.24, 2.45) is 0 Å². The van der Waals surface area contributed by atoms with Crippen LogP contribution in [-0.2, 0) is 6.54 Å². The maximum Gasteiger partial charge on any atom is 0.239 e. The molecule has 1 aromatic carbocycles. The zero-order chi connectivity index (χ0) is 10.7. The van der Waals surface area contributed by atoms with Crippen molar-refractivity contribution in [1.29, 1.82) is 0 Å². The molecule has 0 fully saturated rings. The highest BCUT2D eigenvalue weighted by atomic mass is 28.1. The van der Waals surface area contributed by atoms with Gasteiger partial charge in [0.05, 0.1) is 13.6 Å². The molecular formula is C12H16N2Si+. The van der Waals surface area contributed by atoms with E-state index < -0.39 is 0 Å². The van der Waals surface area contributed by atoms with Crippen molar-refractivity contribution >= 4 is 22.3 Å². The Bertz CT molecular complexity index is 374. The molecule has 15 heavy (non-hydrogen) atoms. The van der Waals surface area contributed by atoms with E-state index >= 15 is 0 Å². The molecule has 0 spiro atoms. The van der Waals surface area contributed by atoms with Crippen molar-refractivity contribution in [2.45, 2.75) is 19.0 Å². The van der Waals surface area contributed by atoms with Gasteiger partial charge in [0, 0.05) is 15.8 Å². The summed E-state index contributed by atoms with van der Waals surface area (Å²) in [6, 6.07) is 9.65. The lowest BCUT2D eigenvalue weighted by atomic mass is 10.1. The third-order valence-corrected chi connectivity index (χ3v) is 3.06. The van der Waals surface area contributed by atoms with Gasteiger partial charge in [-0.15, -0.1) is 0 Å². The van der Waals surface area contributed by atoms with Gasteiger partial charge in [0.15, 0.2) is 0 Å². The van der Waals surface area contributed by atoms with Crippen LogP contribution in [0.15, 0.2) is 24.3 Å². The van der Waals surface area contributed by atoms with Gasteiger partial charge in [-0.2, -0.15) is 0 Å². The van der Waals surface area contributed by atoms with Crippen LogP contribution in [0, 0.1) is 0 Å². The van der Waals surface area contributed by atoms with Crippen molar-refractivity contribution in [2.75, 3.05) is 18.5 Å². The maximum absolute atomic E-state index is 3.51. The normalized spacial score (nSPS) is 14.8. The smallest absolute Gasteiger partial charge is 0.239 e. The summed E-state index contributed by atoms with van der Waals surface area (Å²) in [5.74, 6) is 0. The third-order valence-electron chi connectivity index (χ3n) is 2.70. The standard InChI is InChI=1S/C12H16N2Si/c1-13-10-14(7-4-8-15)9-11-5-2-3-6-12(11)13/h2-3,5-6,10H,4,7-9H2,1H3/q+1. The van der Waals surface area contributed by atoms with E-state index in [4.69, 9.17) is 0 Å². The SMILES string of the molecule is CN1C=[N+](CCC[Si])Cc2ccccc21. The number of para-hydroxylation sites is 1. The van der Waals surface area contributed by atoms with Gasteiger partial charge < -0.3 is 0 Å². The van der Waals surface area contributed by atoms with Crippen molar-refractivity contribution in [3.63, 3.8) is 0 Å². The molecule has 0 saturated heterocycles. The minimum Gasteiger partial charge on any atom is -0.264 e. The summed E-state index contributed by atoms with van der Waals surface area (Å²) in [5.41, 5.74) is 2.74. The Hall–Kier alpha value is -1.09. The summed E-state index contributed by atoms with van der Waals surface area (Å²) in [4.78, 5) is 2.20. The molecule has 0 aliphatic carbocycles. The van der Waals surface area contributed by atoms with E-state index in [0.29, 0.717) is 0 Å². The van der Waals surface area contributed by atoms with Gasteiger partial charge in [0.1, 0.15) is 12.2 Å². The van der Waals surface area contributed by atoms with Crippen LogP contribution >= 0.6 is 0 Å². The molecule has 0 aromatic heterocycles. The Labute approximate surface area is 94.7 Å². The molecule has 0 bridgehead atoms. The molecule has 0 saturated carbocycles. The summed E-state index contributed by atoms with van der Waals surface area (Å²) >= 11 is 0. The topological polar surface area (TPSA) is 6.25 Å². The second-order valence-corrected chi connectivity index (χ2v) is 4.43. The maximum atomic E-state index is 3.51. The molecule has 1 heterocycles. The Morgan fingerprint density at radius 2 is 2.20 bits per heavy atom. The Morgan fingerprint density at radius 1 is 1.40 bits per heavy atom. The van der Waals surface area contributed by atoms with E-state index in [0.717, 1.165) is 19.1 Å². The highest BCUT2D eigenvalue weighted by Crippen LogP contribution is 2.21. The summed E-state index contributed by atoms with van der Waals surface area (Å²) in [5, 5.41) is 0. The Morgan fingerprint density at radius 3 is 3.00 bits per heavy atom. The van der Waals surface area contributed by atoms with Crippen molar-refractivity contribution in [3.05, 3.63) is 29.8 Å². The number of hydrogen-bond acceptors (Lipinski definition) is 1. The number of anilines is 1. The second kappa shape index (κ2) is 4.62. The van der Waals surface area contributed by atoms with E-state index in [1.165, 1.54) is 17.7 Å². The van der Waals surface area contributed by atoms with E-state index in [2.05, 4.69) is 57.4 Å². The highest BCUT2D eigenvalue weighted by Gasteiger charge is 2.19. The van der Waals surface area contributed by atoms with E-state index in [9.17, 15) is 0 Å². The summed E-state index contributed by atoms with van der Waals surface area (Å²) < 4.78 is 2.36. The van der Waals surface area contributed by atoms with Crippen LogP contribution in [0.1, 0.15) is 12.0 Å². The molecule has 1 aliphatic heterocycles. The first-order valence-electron chi connectivity index (χ1n) is 5.35. The van der Waals surface area contributed by atoms with Gasteiger partial charge in [0.25, 0.3) is 0 Å². The summed E-state index contributed by atoms with van der Waals surface area (Å²) in [7, 11) is 5.62. The predicted molar refractivity (Wildman–Crippen MR) is 64.9 cm³/mol. The zero-order valence-electron chi connectivity index (χ0n) is 9.11. The molecule has 2 nitrogen and oxygen atoms in total. The van der Waals surface area contributed by atoms with Crippen molar-refractivity contribution < 1.29 is 4.58 Å². The molecule has 77 valence electrons. The molecule has 1 aliphatic rings. The fourth-order valence-corrected chi connectivity index (χ4v) is 2.13. The molecule has 0 unspecified atom stereocenters. The van der Waals surface area contributed by atoms with Crippen molar-refractivity contribution in [3.8, 4) is 0 Å². The average Bonchev–Trinajstić information content (AvgIpc) is 2.26. The van der Waals surface area contributed by atoms with Crippen LogP contribution in [0.25, 0.3) is 0 Å². The van der Waals surface area contributed by atoms with E-state index in [-0.39, 0.29) is 0 Å². The quantitative estimate of drug-likeness (QED) is 0.550. The van der Waals surface area contributed by atoms with Crippen molar-refractivity contribution in [1.82, 2.24) is 0 Å². The van der Waals surface area contributed by atoms with Crippen LogP contribution in [0.2, 0.25) is 6.04 Å². The first kappa shape index (κ1) is 10.4. The minimum atomic E-state index is 1.03. The monoisotopic (exact) mass is 216 g/mol. The Balaban J connectivity index is 2.16. The Kier molecular flexibility index (Phi) is 3.21. The molecule has 0 N–H and O–H groups in total. The molecule has 2 rings (SSSR count). The summed E-state index contributed by atoms with van der Waals surface area (Å²) in [6.07, 6.45) is 3.38. The predicted octanol–water partition coefficient (Wildman–Crippen LogP) is 1.65. The van der Waals surface area contributed by atoms with E-state index in [1.807, 2.05) is 0 Å². The van der Waals surface area contributed by atoms with Crippen LogP contribution in [0.3, 0.4) is 0 Å². The summed E-state index contributed by atoms with van der Waals surface area (Å²) in [6.45, 7) is 2.15. The van der Waals surface area contributed by atoms with Gasteiger partial charge in [-0.1, -0.05) is 24.2 Å². The number of fused-ring (bicyclic) bond motifs is 1. The lowest BCUT2D eigenvalue weighted by Crippen LogP contribution is -2.31. The van der Waals surface area contributed by atoms with Gasteiger partial charge in [-0.3, -0.25) is 4.58 Å². The third kappa shape index (κ3) is 2.29. The average molecular weight is 216 g/mol. The van der Waals surface area contributed by atoms with Gasteiger partial charge >= 0.3 is 0 Å². The molecule has 1 aromatic rings. The van der Waals surface area contributed by atoms with Gasteiger partial charge in [-0.05, 0) is 12.5 Å². The molecular weight excluding hydrogens is 200 g/mol. The largest absolute Gasteiger partial charge is 0.264 e. The molecule has 3 radical (unpaired) electrons. The fraction of sp³-hybridized carbons (Fsp3) is 0.417. The number of nitrogens with zero attached hydrogens (tertiary/aromatic N) is 2. The first-order chi connectivity index (χ1) is 7.31. The minimum absolute atomic E-state index is 1.03. The van der Waals surface area contributed by atoms with Gasteiger partial charge in [0.2, 0.25) is 6.34 Å². The van der Waals surface area contributed by atoms with Gasteiger partial charge in [-0.25, -0.2) is 4.90 Å². The second-order valence-electron chi connectivity index (χ2n) is 3.93. The van der Waals surface area contributed by atoms with Crippen LogP contribution in [0.5, 0.6) is 0 Å². The van der Waals surface area contributed by atoms with Crippen LogP contribution in [-0.4, -0.2) is 34.7 Å². The highest BCUT2D eigenvalue weighted by molar-refractivity contribution is 6.08. The fourth-order valence-electron chi connectivity index (χ4n) is 1.97. The van der Waals surface area contributed by atoms with Crippen LogP contribution in [0.4, 0.5) is 5.69 Å². The lowest BCUT2D eigenvalue weighted by molar-refractivity contribution is -0.541. The molecule has 0 atom stereocenters. The number of rotatable bonds is 3. The first-order valence-corrected chi connectivity index (χ1v) is 6.06. The molecule has 3 heteroatoms. The number of hydrogen-bond donors (Lipinski definition) is 0. The van der Waals surface area contributed by atoms with Crippen LogP contribution < -0.4 is 4.90 Å². The van der Waals surface area contributed by atoms with E-state index in [1.54, 1.807) is 0 Å². The lowest BCUT2D eigenvalue weighted by Gasteiger charge is -2.19. The number of benzene rings is 1. The zero-order valence-corrected chi connectivity index (χ0v) is 10.1. The molecule has 0 amide bonds.